The van der Waals surface area contributed by atoms with Gasteiger partial charge in [0.15, 0.2) is 5.78 Å². The third-order valence-electron chi connectivity index (χ3n) is 6.08. The van der Waals surface area contributed by atoms with Gasteiger partial charge in [-0.1, -0.05) is 74.5 Å². The molecule has 0 aliphatic carbocycles. The molecule has 3 aromatic rings. The largest absolute Gasteiger partial charge is 0.466 e. The molecule has 0 spiro atoms. The van der Waals surface area contributed by atoms with Crippen molar-refractivity contribution in [3.8, 4) is 0 Å². The summed E-state index contributed by atoms with van der Waals surface area (Å²) in [5, 5.41) is 0. The normalized spacial score (nSPS) is 11.0. The molecule has 36 heavy (non-hydrogen) atoms. The highest BCUT2D eigenvalue weighted by Crippen LogP contribution is 2.19. The van der Waals surface area contributed by atoms with Crippen LogP contribution in [0, 0.1) is 0 Å². The predicted octanol–water partition coefficient (Wildman–Crippen LogP) is 4.34. The van der Waals surface area contributed by atoms with Gasteiger partial charge in [-0.05, 0) is 31.2 Å². The zero-order valence-electron chi connectivity index (χ0n) is 21.2. The summed E-state index contributed by atoms with van der Waals surface area (Å²) in [7, 11) is 0. The fourth-order valence-corrected chi connectivity index (χ4v) is 4.32. The third-order valence-corrected chi connectivity index (χ3v) is 6.08. The predicted molar refractivity (Wildman–Crippen MR) is 140 cm³/mol. The third kappa shape index (κ3) is 6.68. The molecule has 2 aromatic carbocycles. The van der Waals surface area contributed by atoms with E-state index in [9.17, 15) is 19.2 Å². The van der Waals surface area contributed by atoms with Crippen LogP contribution in [0.4, 0.5) is 0 Å². The molecule has 0 saturated carbocycles. The quantitative estimate of drug-likeness (QED) is 0.214. The Labute approximate surface area is 211 Å². The topological polar surface area (TPSA) is 87.4 Å². The van der Waals surface area contributed by atoms with Gasteiger partial charge in [-0.2, -0.15) is 0 Å². The van der Waals surface area contributed by atoms with Crippen LogP contribution in [-0.2, 0) is 29.0 Å². The highest BCUT2D eigenvalue weighted by atomic mass is 16.5. The Morgan fingerprint density at radius 2 is 1.53 bits per heavy atom. The van der Waals surface area contributed by atoms with Gasteiger partial charge in [-0.15, -0.1) is 0 Å². The Bertz CT molecular complexity index is 1290. The minimum absolute atomic E-state index is 0.152. The molecular weight excluding hydrogens is 456 g/mol. The van der Waals surface area contributed by atoms with Crippen molar-refractivity contribution >= 4 is 11.8 Å². The maximum atomic E-state index is 13.7. The van der Waals surface area contributed by atoms with Gasteiger partial charge in [0.1, 0.15) is 0 Å². The first-order valence-electron chi connectivity index (χ1n) is 12.5. The Morgan fingerprint density at radius 1 is 0.889 bits per heavy atom. The van der Waals surface area contributed by atoms with Crippen LogP contribution in [0.2, 0.25) is 0 Å². The molecule has 0 saturated heterocycles. The first kappa shape index (κ1) is 26.9. The minimum atomic E-state index is -0.504. The number of rotatable bonds is 12. The number of hydrogen-bond acceptors (Lipinski definition) is 5. The van der Waals surface area contributed by atoms with Crippen molar-refractivity contribution in [3.05, 3.63) is 104 Å². The molecule has 0 fully saturated rings. The van der Waals surface area contributed by atoms with Crippen LogP contribution in [0.1, 0.15) is 73.1 Å². The van der Waals surface area contributed by atoms with Crippen LogP contribution >= 0.6 is 0 Å². The highest BCUT2D eigenvalue weighted by molar-refractivity contribution is 5.95. The van der Waals surface area contributed by atoms with Crippen molar-refractivity contribution < 1.29 is 14.3 Å². The molecule has 1 aromatic heterocycles. The molecule has 0 radical (unpaired) electrons. The lowest BCUT2D eigenvalue weighted by molar-refractivity contribution is -0.143. The second-order valence-corrected chi connectivity index (χ2v) is 9.05. The molecule has 0 bridgehead atoms. The molecule has 7 nitrogen and oxygen atoms in total. The molecule has 190 valence electrons. The second-order valence-electron chi connectivity index (χ2n) is 9.05. The van der Waals surface area contributed by atoms with E-state index in [1.165, 1.54) is 0 Å². The lowest BCUT2D eigenvalue weighted by Crippen LogP contribution is -2.45. The summed E-state index contributed by atoms with van der Waals surface area (Å²) in [6.45, 7) is 5.95. The Balaban J connectivity index is 2.04. The van der Waals surface area contributed by atoms with E-state index in [4.69, 9.17) is 4.74 Å². The monoisotopic (exact) mass is 490 g/mol. The van der Waals surface area contributed by atoms with Gasteiger partial charge in [0.2, 0.25) is 0 Å². The number of Topliss-reactive ketones (excluding diaryl/α,β-unsaturated/α-hetero) is 1. The van der Waals surface area contributed by atoms with E-state index in [1.807, 2.05) is 50.2 Å². The molecule has 0 aliphatic heterocycles. The number of hydrogen-bond donors (Lipinski definition) is 0. The number of carbonyl (C=O) groups is 2. The van der Waals surface area contributed by atoms with E-state index >= 15 is 0 Å². The maximum Gasteiger partial charge on any atom is 0.331 e. The summed E-state index contributed by atoms with van der Waals surface area (Å²) < 4.78 is 7.68. The van der Waals surface area contributed by atoms with Crippen molar-refractivity contribution in [2.24, 2.45) is 0 Å². The highest BCUT2D eigenvalue weighted by Gasteiger charge is 2.23. The van der Waals surface area contributed by atoms with E-state index in [0.717, 1.165) is 10.1 Å². The smallest absolute Gasteiger partial charge is 0.331 e. The summed E-state index contributed by atoms with van der Waals surface area (Å²) in [4.78, 5) is 51.9. The second kappa shape index (κ2) is 12.8. The fourth-order valence-electron chi connectivity index (χ4n) is 4.32. The summed E-state index contributed by atoms with van der Waals surface area (Å²) in [5.41, 5.74) is 1.69. The average molecular weight is 491 g/mol. The Hall–Kier alpha value is -3.74. The molecule has 0 unspecified atom stereocenters. The maximum absolute atomic E-state index is 13.7. The summed E-state index contributed by atoms with van der Waals surface area (Å²) in [5.74, 6) is -0.717. The van der Waals surface area contributed by atoms with Crippen LogP contribution in [0.5, 0.6) is 0 Å². The van der Waals surface area contributed by atoms with Gasteiger partial charge >= 0.3 is 11.7 Å². The summed E-state index contributed by atoms with van der Waals surface area (Å²) >= 11 is 0. The van der Waals surface area contributed by atoms with Crippen molar-refractivity contribution in [1.29, 1.82) is 0 Å². The van der Waals surface area contributed by atoms with E-state index in [2.05, 4.69) is 0 Å². The number of aromatic nitrogens is 2. The van der Waals surface area contributed by atoms with Crippen molar-refractivity contribution in [3.63, 3.8) is 0 Å². The number of esters is 1. The van der Waals surface area contributed by atoms with Gasteiger partial charge in [0.05, 0.1) is 13.2 Å². The van der Waals surface area contributed by atoms with Gasteiger partial charge in [-0.25, -0.2) is 4.79 Å². The molecule has 7 heteroatoms. The molecule has 1 heterocycles. The first-order valence-corrected chi connectivity index (χ1v) is 12.5. The van der Waals surface area contributed by atoms with Crippen LogP contribution in [-0.4, -0.2) is 27.5 Å². The van der Waals surface area contributed by atoms with E-state index in [-0.39, 0.29) is 30.6 Å². The lowest BCUT2D eigenvalue weighted by Gasteiger charge is -2.21. The lowest BCUT2D eigenvalue weighted by atomic mass is 9.97. The van der Waals surface area contributed by atoms with Gasteiger partial charge in [-0.3, -0.25) is 23.5 Å². The van der Waals surface area contributed by atoms with E-state index in [0.29, 0.717) is 49.2 Å². The summed E-state index contributed by atoms with van der Waals surface area (Å²) in [6.07, 6.45) is 1.79. The number of ketones is 1. The zero-order valence-corrected chi connectivity index (χ0v) is 21.2. The standard InChI is InChI=1S/C29H34N2O5/c1-4-36-26(33)17-11-12-18-30-24(19-22-13-7-5-8-14-22)27(21(2)3)28(34)31(29(30)35)20-25(32)23-15-9-6-10-16-23/h5-10,13-16,21H,4,11-12,17-20H2,1-3H3. The molecule has 0 atom stereocenters. The first-order chi connectivity index (χ1) is 17.3. The average Bonchev–Trinajstić information content (AvgIpc) is 2.87. The number of carbonyl (C=O) groups excluding carboxylic acids is 2. The SMILES string of the molecule is CCOC(=O)CCCCn1c(Cc2ccccc2)c(C(C)C)c(=O)n(CC(=O)c2ccccc2)c1=O. The van der Waals surface area contributed by atoms with Crippen LogP contribution in [0.3, 0.4) is 0 Å². The number of unbranched alkanes of at least 4 members (excludes halogenated alkanes) is 1. The van der Waals surface area contributed by atoms with Crippen LogP contribution < -0.4 is 11.2 Å². The van der Waals surface area contributed by atoms with E-state index < -0.39 is 11.2 Å². The molecule has 0 aliphatic rings. The van der Waals surface area contributed by atoms with Crippen LogP contribution in [0.25, 0.3) is 0 Å². The van der Waals surface area contributed by atoms with Crippen LogP contribution in [0.15, 0.2) is 70.3 Å². The molecule has 3 rings (SSSR count). The van der Waals surface area contributed by atoms with Gasteiger partial charge < -0.3 is 4.74 Å². The summed E-state index contributed by atoms with van der Waals surface area (Å²) in [6, 6.07) is 18.3. The van der Waals surface area contributed by atoms with Crippen molar-refractivity contribution in [2.45, 2.75) is 65.5 Å². The Morgan fingerprint density at radius 3 is 2.14 bits per heavy atom. The molecule has 0 N–H and O–H groups in total. The number of benzene rings is 2. The Kier molecular flexibility index (Phi) is 9.56. The number of ether oxygens (including phenoxy) is 1. The van der Waals surface area contributed by atoms with Gasteiger partial charge in [0.25, 0.3) is 5.56 Å². The van der Waals surface area contributed by atoms with E-state index in [1.54, 1.807) is 35.8 Å². The molecular formula is C29H34N2O5. The van der Waals surface area contributed by atoms with Crippen molar-refractivity contribution in [1.82, 2.24) is 9.13 Å². The zero-order chi connectivity index (χ0) is 26.1. The van der Waals surface area contributed by atoms with Gasteiger partial charge in [0, 0.05) is 36.2 Å². The number of nitrogens with zero attached hydrogens (tertiary/aromatic N) is 2. The fraction of sp³-hybridized carbons (Fsp3) is 0.379. The van der Waals surface area contributed by atoms with Crippen molar-refractivity contribution in [2.75, 3.05) is 6.61 Å². The molecule has 0 amide bonds. The minimum Gasteiger partial charge on any atom is -0.466 e.